The molecule has 0 radical (unpaired) electrons. The highest BCUT2D eigenvalue weighted by molar-refractivity contribution is 7.99. The molecule has 0 bridgehead atoms. The number of halogens is 1. The second-order valence-electron chi connectivity index (χ2n) is 14.1. The lowest BCUT2D eigenvalue weighted by Gasteiger charge is -2.40. The number of benzene rings is 8. The van der Waals surface area contributed by atoms with Crippen LogP contribution in [0.15, 0.2) is 188 Å². The van der Waals surface area contributed by atoms with E-state index >= 15 is 0 Å². The third-order valence-electron chi connectivity index (χ3n) is 11.4. The third kappa shape index (κ3) is 3.99. The molecule has 3 heterocycles. The van der Waals surface area contributed by atoms with Gasteiger partial charge >= 0.3 is 0 Å². The van der Waals surface area contributed by atoms with E-state index in [1.165, 1.54) is 43.2 Å². The summed E-state index contributed by atoms with van der Waals surface area (Å²) < 4.78 is 12.7. The Hall–Kier alpha value is -6.20. The highest BCUT2D eigenvalue weighted by atomic mass is 35.5. The number of hydrogen-bond donors (Lipinski definition) is 0. The van der Waals surface area contributed by atoms with Crippen LogP contribution in [0.1, 0.15) is 22.3 Å². The monoisotopic (exact) mass is 729 g/mol. The standard InChI is InChI=1S/C49H28ClNO2S/c50-40-18-10-20-43-46(40)47-44(53-43)25-23-38-48(47)54-45-26-22-31(28-39(45)49(38)36-16-7-4-13-32(36)33-14-5-8-17-37(33)49)51(29-11-2-1-3-12-29)30-21-24-42-35(27-30)34-15-6-9-19-41(34)52-42/h1-28H. The lowest BCUT2D eigenvalue weighted by molar-refractivity contribution is 0.666. The molecule has 0 atom stereocenters. The van der Waals surface area contributed by atoms with Crippen LogP contribution in [0.5, 0.6) is 0 Å². The Morgan fingerprint density at radius 3 is 1.91 bits per heavy atom. The van der Waals surface area contributed by atoms with Gasteiger partial charge in [-0.25, -0.2) is 0 Å². The first-order chi connectivity index (χ1) is 26.7. The van der Waals surface area contributed by atoms with Crippen molar-refractivity contribution in [2.45, 2.75) is 15.2 Å². The molecule has 5 heteroatoms. The molecule has 2 aromatic heterocycles. The maximum Gasteiger partial charge on any atom is 0.136 e. The summed E-state index contributed by atoms with van der Waals surface area (Å²) >= 11 is 8.80. The van der Waals surface area contributed by atoms with E-state index in [4.69, 9.17) is 20.4 Å². The van der Waals surface area contributed by atoms with Crippen molar-refractivity contribution in [1.82, 2.24) is 0 Å². The molecule has 10 aromatic rings. The lowest BCUT2D eigenvalue weighted by Crippen LogP contribution is -2.32. The van der Waals surface area contributed by atoms with Crippen LogP contribution >= 0.6 is 23.4 Å². The van der Waals surface area contributed by atoms with Gasteiger partial charge in [0.2, 0.25) is 0 Å². The van der Waals surface area contributed by atoms with Crippen molar-refractivity contribution in [3.05, 3.63) is 197 Å². The van der Waals surface area contributed by atoms with E-state index in [1.54, 1.807) is 0 Å². The first-order valence-electron chi connectivity index (χ1n) is 18.1. The molecule has 0 amide bonds. The number of nitrogens with zero attached hydrogens (tertiary/aromatic N) is 1. The van der Waals surface area contributed by atoms with Crippen molar-refractivity contribution in [3.63, 3.8) is 0 Å². The Labute approximate surface area is 320 Å². The van der Waals surface area contributed by atoms with Gasteiger partial charge in [-0.05, 0) is 106 Å². The smallest absolute Gasteiger partial charge is 0.136 e. The van der Waals surface area contributed by atoms with Gasteiger partial charge in [0.05, 0.1) is 10.4 Å². The quantitative estimate of drug-likeness (QED) is 0.181. The topological polar surface area (TPSA) is 29.5 Å². The van der Waals surface area contributed by atoms with E-state index in [0.717, 1.165) is 60.9 Å². The Morgan fingerprint density at radius 2 is 1.07 bits per heavy atom. The van der Waals surface area contributed by atoms with Crippen LogP contribution in [0.25, 0.3) is 55.0 Å². The Kier molecular flexibility index (Phi) is 6.26. The molecule has 0 saturated carbocycles. The number of rotatable bonds is 3. The number of para-hydroxylation sites is 2. The summed E-state index contributed by atoms with van der Waals surface area (Å²) in [5.41, 5.74) is 13.6. The molecule has 8 aromatic carbocycles. The molecule has 3 nitrogen and oxygen atoms in total. The van der Waals surface area contributed by atoms with E-state index in [0.29, 0.717) is 5.02 Å². The van der Waals surface area contributed by atoms with Gasteiger partial charge in [-0.2, -0.15) is 0 Å². The second-order valence-corrected chi connectivity index (χ2v) is 15.6. The minimum atomic E-state index is -0.592. The van der Waals surface area contributed by atoms with Crippen LogP contribution < -0.4 is 4.90 Å². The molecule has 1 aliphatic carbocycles. The van der Waals surface area contributed by atoms with Gasteiger partial charge in [-0.1, -0.05) is 120 Å². The van der Waals surface area contributed by atoms with Crippen molar-refractivity contribution in [2.75, 3.05) is 4.90 Å². The lowest BCUT2D eigenvalue weighted by atomic mass is 9.67. The fourth-order valence-electron chi connectivity index (χ4n) is 9.23. The predicted octanol–water partition coefficient (Wildman–Crippen LogP) is 14.4. The number of anilines is 3. The largest absolute Gasteiger partial charge is 0.456 e. The molecule has 0 unspecified atom stereocenters. The molecule has 54 heavy (non-hydrogen) atoms. The Balaban J connectivity index is 1.17. The van der Waals surface area contributed by atoms with Crippen molar-refractivity contribution in [2.24, 2.45) is 0 Å². The fourth-order valence-corrected chi connectivity index (χ4v) is 10.8. The third-order valence-corrected chi connectivity index (χ3v) is 12.9. The molecule has 0 fully saturated rings. The van der Waals surface area contributed by atoms with Crippen LogP contribution in [0, 0.1) is 0 Å². The summed E-state index contributed by atoms with van der Waals surface area (Å²) in [6, 6.07) is 60.7. The second kappa shape index (κ2) is 11.2. The van der Waals surface area contributed by atoms with Crippen LogP contribution in [0.2, 0.25) is 5.02 Å². The maximum atomic E-state index is 6.99. The molecule has 1 aliphatic heterocycles. The first-order valence-corrected chi connectivity index (χ1v) is 19.3. The molecule has 2 aliphatic rings. The van der Waals surface area contributed by atoms with Crippen molar-refractivity contribution in [3.8, 4) is 11.1 Å². The SMILES string of the molecule is Clc1cccc2oc3ccc4c(c3c12)Sc1ccc(N(c2ccccc2)c2ccc3oc5ccccc5c3c2)cc1C41c2ccccc2-c2ccccc21. The van der Waals surface area contributed by atoms with Gasteiger partial charge in [0.25, 0.3) is 0 Å². The van der Waals surface area contributed by atoms with E-state index in [-0.39, 0.29) is 0 Å². The summed E-state index contributed by atoms with van der Waals surface area (Å²) in [5.74, 6) is 0. The van der Waals surface area contributed by atoms with Crippen molar-refractivity contribution in [1.29, 1.82) is 0 Å². The Morgan fingerprint density at radius 1 is 0.444 bits per heavy atom. The number of fused-ring (bicyclic) bond motifs is 16. The zero-order valence-corrected chi connectivity index (χ0v) is 30.3. The van der Waals surface area contributed by atoms with Crippen LogP contribution in [-0.2, 0) is 5.41 Å². The zero-order chi connectivity index (χ0) is 35.5. The van der Waals surface area contributed by atoms with Gasteiger partial charge in [0.15, 0.2) is 0 Å². The van der Waals surface area contributed by atoms with Crippen LogP contribution in [-0.4, -0.2) is 0 Å². The summed E-state index contributed by atoms with van der Waals surface area (Å²) in [7, 11) is 0. The summed E-state index contributed by atoms with van der Waals surface area (Å²) in [5, 5.41) is 4.93. The highest BCUT2D eigenvalue weighted by Gasteiger charge is 2.51. The van der Waals surface area contributed by atoms with Crippen molar-refractivity contribution >= 4 is 84.3 Å². The normalized spacial score (nSPS) is 13.7. The molecule has 254 valence electrons. The van der Waals surface area contributed by atoms with E-state index in [1.807, 2.05) is 42.1 Å². The minimum Gasteiger partial charge on any atom is -0.456 e. The highest BCUT2D eigenvalue weighted by Crippen LogP contribution is 2.64. The van der Waals surface area contributed by atoms with Gasteiger partial charge in [-0.3, -0.25) is 0 Å². The first kappa shape index (κ1) is 30.3. The summed E-state index contributed by atoms with van der Waals surface area (Å²) in [6.45, 7) is 0. The fraction of sp³-hybridized carbons (Fsp3) is 0.0204. The van der Waals surface area contributed by atoms with Crippen molar-refractivity contribution < 1.29 is 8.83 Å². The van der Waals surface area contributed by atoms with Crippen LogP contribution in [0.3, 0.4) is 0 Å². The Bertz CT molecular complexity index is 3130. The predicted molar refractivity (Wildman–Crippen MR) is 222 cm³/mol. The molecule has 0 N–H and O–H groups in total. The summed E-state index contributed by atoms with van der Waals surface area (Å²) in [6.07, 6.45) is 0. The number of furan rings is 2. The molecular weight excluding hydrogens is 702 g/mol. The maximum absolute atomic E-state index is 6.99. The van der Waals surface area contributed by atoms with Gasteiger partial charge in [0, 0.05) is 48.4 Å². The van der Waals surface area contributed by atoms with Gasteiger partial charge in [-0.15, -0.1) is 0 Å². The van der Waals surface area contributed by atoms with Gasteiger partial charge < -0.3 is 13.7 Å². The minimum absolute atomic E-state index is 0.592. The molecule has 12 rings (SSSR count). The van der Waals surface area contributed by atoms with E-state index < -0.39 is 5.41 Å². The summed E-state index contributed by atoms with van der Waals surface area (Å²) in [4.78, 5) is 4.76. The van der Waals surface area contributed by atoms with Crippen LogP contribution in [0.4, 0.5) is 17.1 Å². The molecule has 1 spiro atoms. The number of hydrogen-bond acceptors (Lipinski definition) is 4. The van der Waals surface area contributed by atoms with Gasteiger partial charge in [0.1, 0.15) is 22.3 Å². The van der Waals surface area contributed by atoms with E-state index in [2.05, 4.69) is 144 Å². The molecule has 0 saturated heterocycles. The van der Waals surface area contributed by atoms with E-state index in [9.17, 15) is 0 Å². The average Bonchev–Trinajstić information content (AvgIpc) is 3.88. The zero-order valence-electron chi connectivity index (χ0n) is 28.7. The molecular formula is C49H28ClNO2S. The average molecular weight is 730 g/mol.